The van der Waals surface area contributed by atoms with Gasteiger partial charge in [-0.2, -0.15) is 0 Å². The fraction of sp³-hybridized carbons (Fsp3) is 0.522. The Hall–Kier alpha value is -1.04. The summed E-state index contributed by atoms with van der Waals surface area (Å²) in [6.45, 7) is 2.79. The number of piperidine rings is 2. The average Bonchev–Trinajstić information content (AvgIpc) is 2.75. The molecule has 0 aliphatic carbocycles. The molecule has 162 valence electrons. The summed E-state index contributed by atoms with van der Waals surface area (Å²) in [7, 11) is 0. The van der Waals surface area contributed by atoms with Crippen molar-refractivity contribution < 1.29 is 9.53 Å². The largest absolute Gasteiger partial charge is 0.354 e. The van der Waals surface area contributed by atoms with Crippen LogP contribution < -0.4 is 5.32 Å². The van der Waals surface area contributed by atoms with Crippen molar-refractivity contribution in [3.05, 3.63) is 48.0 Å². The lowest BCUT2D eigenvalue weighted by Crippen LogP contribution is -2.51. The first kappa shape index (κ1) is 22.2. The van der Waals surface area contributed by atoms with Gasteiger partial charge in [-0.25, -0.2) is 0 Å². The monoisotopic (exact) mass is 468 g/mol. The molecule has 2 aliphatic heterocycles. The van der Waals surface area contributed by atoms with Crippen LogP contribution in [-0.2, 0) is 4.74 Å². The van der Waals surface area contributed by atoms with Crippen molar-refractivity contribution in [3.8, 4) is 0 Å². The molecule has 0 radical (unpaired) electrons. The predicted octanol–water partition coefficient (Wildman–Crippen LogP) is 5.55. The summed E-state index contributed by atoms with van der Waals surface area (Å²) in [5.74, 6) is 0.0782. The molecular formula is C23H27Cl3N2O2. The fourth-order valence-corrected chi connectivity index (χ4v) is 5.18. The second-order valence-electron chi connectivity index (χ2n) is 8.26. The zero-order valence-electron chi connectivity index (χ0n) is 16.8. The maximum atomic E-state index is 13.0. The topological polar surface area (TPSA) is 41.6 Å². The molecule has 7 heteroatoms. The highest BCUT2D eigenvalue weighted by molar-refractivity contribution is 6.68. The molecule has 2 aromatic rings. The van der Waals surface area contributed by atoms with Gasteiger partial charge in [0.25, 0.3) is 5.91 Å². The van der Waals surface area contributed by atoms with Crippen molar-refractivity contribution in [1.82, 2.24) is 10.2 Å². The van der Waals surface area contributed by atoms with Crippen molar-refractivity contribution in [1.29, 1.82) is 0 Å². The van der Waals surface area contributed by atoms with Gasteiger partial charge in [-0.1, -0.05) is 77.6 Å². The van der Waals surface area contributed by atoms with Gasteiger partial charge >= 0.3 is 0 Å². The van der Waals surface area contributed by atoms with E-state index in [2.05, 4.69) is 10.2 Å². The Labute approximate surface area is 192 Å². The molecule has 2 saturated heterocycles. The number of nitrogens with zero attached hydrogens (tertiary/aromatic N) is 1. The molecule has 2 aliphatic rings. The first-order valence-electron chi connectivity index (χ1n) is 10.6. The molecule has 4 nitrogen and oxygen atoms in total. The molecule has 1 N–H and O–H groups in total. The van der Waals surface area contributed by atoms with Crippen molar-refractivity contribution in [2.45, 2.75) is 48.2 Å². The van der Waals surface area contributed by atoms with E-state index >= 15 is 0 Å². The summed E-state index contributed by atoms with van der Waals surface area (Å²) in [5, 5.41) is 4.64. The highest BCUT2D eigenvalue weighted by atomic mass is 35.6. The number of ether oxygens (including phenoxy) is 1. The van der Waals surface area contributed by atoms with E-state index < -0.39 is 10.0 Å². The van der Waals surface area contributed by atoms with E-state index in [1.165, 1.54) is 19.3 Å². The van der Waals surface area contributed by atoms with E-state index in [-0.39, 0.29) is 5.91 Å². The van der Waals surface area contributed by atoms with Gasteiger partial charge in [0.05, 0.1) is 6.61 Å². The lowest BCUT2D eigenvalue weighted by Gasteiger charge is -2.44. The zero-order chi connectivity index (χ0) is 21.1. The number of hydrogen-bond donors (Lipinski definition) is 1. The van der Waals surface area contributed by atoms with Crippen molar-refractivity contribution in [2.24, 2.45) is 5.92 Å². The van der Waals surface area contributed by atoms with E-state index in [4.69, 9.17) is 39.5 Å². The maximum absolute atomic E-state index is 13.0. The average molecular weight is 470 g/mol. The number of nitrogens with one attached hydrogen (secondary N) is 1. The van der Waals surface area contributed by atoms with Crippen LogP contribution >= 0.6 is 34.8 Å². The van der Waals surface area contributed by atoms with Gasteiger partial charge in [-0.15, -0.1) is 0 Å². The van der Waals surface area contributed by atoms with Crippen LogP contribution in [-0.4, -0.2) is 46.6 Å². The van der Waals surface area contributed by atoms with Gasteiger partial charge in [0.15, 0.2) is 6.23 Å². The second kappa shape index (κ2) is 9.62. The third kappa shape index (κ3) is 5.05. The number of carbonyl (C=O) groups excluding carboxylic acids is 1. The Bertz CT molecular complexity index is 879. The Morgan fingerprint density at radius 1 is 1.07 bits per heavy atom. The highest BCUT2D eigenvalue weighted by Crippen LogP contribution is 2.35. The van der Waals surface area contributed by atoms with Crippen LogP contribution in [0.4, 0.5) is 0 Å². The van der Waals surface area contributed by atoms with Crippen LogP contribution in [0.3, 0.4) is 0 Å². The molecule has 2 aromatic carbocycles. The molecule has 0 spiro atoms. The number of carbonyl (C=O) groups is 1. The molecule has 0 bridgehead atoms. The molecular weight excluding hydrogens is 443 g/mol. The van der Waals surface area contributed by atoms with E-state index in [9.17, 15) is 4.79 Å². The first-order chi connectivity index (χ1) is 14.4. The molecule has 1 amide bonds. The third-order valence-electron chi connectivity index (χ3n) is 6.30. The summed E-state index contributed by atoms with van der Waals surface area (Å²) in [5.41, 5.74) is 0.534. The summed E-state index contributed by atoms with van der Waals surface area (Å²) in [6, 6.07) is 13.8. The van der Waals surface area contributed by atoms with Crippen LogP contribution in [0.5, 0.6) is 0 Å². The molecule has 0 unspecified atom stereocenters. The Morgan fingerprint density at radius 3 is 2.67 bits per heavy atom. The fourth-order valence-electron chi connectivity index (χ4n) is 4.83. The van der Waals surface area contributed by atoms with Gasteiger partial charge in [0.1, 0.15) is 0 Å². The van der Waals surface area contributed by atoms with Crippen molar-refractivity contribution >= 4 is 51.5 Å². The van der Waals surface area contributed by atoms with E-state index in [1.807, 2.05) is 36.4 Å². The van der Waals surface area contributed by atoms with Gasteiger partial charge in [0.2, 0.25) is 3.79 Å². The predicted molar refractivity (Wildman–Crippen MR) is 123 cm³/mol. The number of fused-ring (bicyclic) bond motifs is 2. The summed E-state index contributed by atoms with van der Waals surface area (Å²) >= 11 is 18.6. The lowest BCUT2D eigenvalue weighted by atomic mass is 9.84. The van der Waals surface area contributed by atoms with Gasteiger partial charge in [-0.05, 0) is 61.5 Å². The molecule has 0 aromatic heterocycles. The Kier molecular flexibility index (Phi) is 7.11. The van der Waals surface area contributed by atoms with Crippen LogP contribution in [0.25, 0.3) is 10.8 Å². The molecule has 2 fully saturated rings. The van der Waals surface area contributed by atoms with E-state index in [0.717, 1.165) is 36.7 Å². The van der Waals surface area contributed by atoms with Crippen LogP contribution in [0.1, 0.15) is 42.5 Å². The Morgan fingerprint density at radius 2 is 1.83 bits per heavy atom. The Balaban J connectivity index is 1.46. The third-order valence-corrected chi connectivity index (χ3v) is 6.89. The van der Waals surface area contributed by atoms with Gasteiger partial charge in [0, 0.05) is 11.6 Å². The number of alkyl halides is 3. The first-order valence-corrected chi connectivity index (χ1v) is 11.8. The maximum Gasteiger partial charge on any atom is 0.254 e. The minimum Gasteiger partial charge on any atom is -0.354 e. The number of rotatable bonds is 5. The molecule has 3 atom stereocenters. The minimum absolute atomic E-state index is 0.314. The van der Waals surface area contributed by atoms with Crippen LogP contribution in [0.15, 0.2) is 42.5 Å². The van der Waals surface area contributed by atoms with Gasteiger partial charge < -0.3 is 15.0 Å². The van der Waals surface area contributed by atoms with Gasteiger partial charge in [-0.3, -0.25) is 4.79 Å². The zero-order valence-corrected chi connectivity index (χ0v) is 19.1. The number of amides is 1. The quantitative estimate of drug-likeness (QED) is 0.461. The number of halogens is 3. The molecule has 2 heterocycles. The molecule has 30 heavy (non-hydrogen) atoms. The smallest absolute Gasteiger partial charge is 0.254 e. The summed E-state index contributed by atoms with van der Waals surface area (Å²) in [6.07, 6.45) is 4.95. The standard InChI is InChI=1S/C23H27Cl3N2O2/c24-23(25,26)22(30-15-17-9-6-14-28-13-4-3-12-20(17)28)27-21(29)19-11-5-8-16-7-1-2-10-18(16)19/h1-2,5,7-8,10-11,17,20,22H,3-4,6,9,12-15H2,(H,27,29)/t17-,20+,22+/m0/s1. The summed E-state index contributed by atoms with van der Waals surface area (Å²) in [4.78, 5) is 15.6. The normalized spacial score (nSPS) is 23.7. The van der Waals surface area contributed by atoms with E-state index in [1.54, 1.807) is 6.07 Å². The number of hydrogen-bond acceptors (Lipinski definition) is 3. The van der Waals surface area contributed by atoms with Crippen molar-refractivity contribution in [3.63, 3.8) is 0 Å². The van der Waals surface area contributed by atoms with Crippen molar-refractivity contribution in [2.75, 3.05) is 19.7 Å². The van der Waals surface area contributed by atoms with E-state index in [0.29, 0.717) is 24.1 Å². The SMILES string of the molecule is O=C(N[C@H](OC[C@@H]1CCCN2CCCC[C@H]12)C(Cl)(Cl)Cl)c1cccc2ccccc12. The molecule has 0 saturated carbocycles. The highest BCUT2D eigenvalue weighted by Gasteiger charge is 2.38. The van der Waals surface area contributed by atoms with Crippen LogP contribution in [0.2, 0.25) is 0 Å². The minimum atomic E-state index is -1.76. The second-order valence-corrected chi connectivity index (χ2v) is 10.6. The molecule has 4 rings (SSSR count). The van der Waals surface area contributed by atoms with Crippen LogP contribution in [0, 0.1) is 5.92 Å². The summed E-state index contributed by atoms with van der Waals surface area (Å²) < 4.78 is 4.28. The lowest BCUT2D eigenvalue weighted by molar-refractivity contribution is -0.0324. The number of benzene rings is 2.